The molecule has 0 saturated carbocycles. The van der Waals surface area contributed by atoms with Crippen LogP contribution in [0.5, 0.6) is 0 Å². The van der Waals surface area contributed by atoms with Crippen molar-refractivity contribution in [2.75, 3.05) is 11.9 Å². The van der Waals surface area contributed by atoms with Crippen molar-refractivity contribution in [3.8, 4) is 0 Å². The van der Waals surface area contributed by atoms with Gasteiger partial charge in [0.25, 0.3) is 0 Å². The topological polar surface area (TPSA) is 68.5 Å². The summed E-state index contributed by atoms with van der Waals surface area (Å²) in [4.78, 5) is 26.2. The average Bonchev–Trinajstić information content (AvgIpc) is 3.26. The third kappa shape index (κ3) is 4.55. The van der Waals surface area contributed by atoms with Crippen LogP contribution in [0.2, 0.25) is 0 Å². The molecule has 1 amide bonds. The summed E-state index contributed by atoms with van der Waals surface area (Å²) in [6, 6.07) is 3.53. The van der Waals surface area contributed by atoms with Crippen LogP contribution in [0.15, 0.2) is 28.9 Å². The Bertz CT molecular complexity index is 871. The van der Waals surface area contributed by atoms with Gasteiger partial charge in [-0.2, -0.15) is 0 Å². The van der Waals surface area contributed by atoms with Crippen LogP contribution in [0.1, 0.15) is 60.7 Å². The summed E-state index contributed by atoms with van der Waals surface area (Å²) in [5, 5.41) is 3.45. The van der Waals surface area contributed by atoms with Gasteiger partial charge in [0.05, 0.1) is 18.4 Å². The molecule has 0 bridgehead atoms. The molecule has 3 rings (SSSR count). The van der Waals surface area contributed by atoms with Gasteiger partial charge in [-0.25, -0.2) is 4.79 Å². The van der Waals surface area contributed by atoms with E-state index in [1.165, 1.54) is 22.3 Å². The third-order valence-electron chi connectivity index (χ3n) is 5.15. The molecule has 1 aliphatic rings. The molecule has 1 N–H and O–H groups in total. The van der Waals surface area contributed by atoms with E-state index in [9.17, 15) is 9.59 Å². The van der Waals surface area contributed by atoms with Crippen molar-refractivity contribution in [3.05, 3.63) is 46.2 Å². The minimum absolute atomic E-state index is 0.209. The Labute approximate surface area is 169 Å². The Morgan fingerprint density at radius 3 is 2.82 bits per heavy atom. The molecule has 0 saturated heterocycles. The van der Waals surface area contributed by atoms with Crippen molar-refractivity contribution in [1.29, 1.82) is 0 Å². The van der Waals surface area contributed by atoms with E-state index >= 15 is 0 Å². The number of nitrogens with one attached hydrogen (secondary N) is 1. The largest absolute Gasteiger partial charge is 0.465 e. The number of furan rings is 1. The number of rotatable bonds is 5. The number of carbonyl (C=O) groups excluding carboxylic acids is 2. The standard InChI is InChI=1S/C22H27NO4S/c1-5-26-21(25)19-16-10-8-14(22(2,3)4)13-17(16)28-20(19)23-18(24)11-9-15-7-6-12-27-15/h6-7,9,11-12,14H,5,8,10,13H2,1-4H3,(H,23,24). The molecule has 2 heterocycles. The number of ether oxygens (including phenoxy) is 1. The van der Waals surface area contributed by atoms with Crippen molar-refractivity contribution < 1.29 is 18.7 Å². The van der Waals surface area contributed by atoms with Crippen LogP contribution in [0.25, 0.3) is 6.08 Å². The van der Waals surface area contributed by atoms with Crippen LogP contribution in [0, 0.1) is 11.3 Å². The van der Waals surface area contributed by atoms with Gasteiger partial charge in [-0.05, 0) is 61.3 Å². The lowest BCUT2D eigenvalue weighted by atomic mass is 9.72. The number of carbonyl (C=O) groups is 2. The predicted molar refractivity (Wildman–Crippen MR) is 112 cm³/mol. The van der Waals surface area contributed by atoms with Crippen LogP contribution in [0.3, 0.4) is 0 Å². The number of esters is 1. The molecule has 0 aliphatic heterocycles. The molecular formula is C22H27NO4S. The van der Waals surface area contributed by atoms with Crippen LogP contribution in [-0.4, -0.2) is 18.5 Å². The van der Waals surface area contributed by atoms with Gasteiger partial charge in [-0.1, -0.05) is 20.8 Å². The fraction of sp³-hybridized carbons (Fsp3) is 0.455. The van der Waals surface area contributed by atoms with Crippen molar-refractivity contribution >= 4 is 34.3 Å². The van der Waals surface area contributed by atoms with E-state index in [2.05, 4.69) is 26.1 Å². The summed E-state index contributed by atoms with van der Waals surface area (Å²) >= 11 is 1.50. The maximum absolute atomic E-state index is 12.6. The first kappa shape index (κ1) is 20.4. The zero-order chi connectivity index (χ0) is 20.3. The number of hydrogen-bond acceptors (Lipinski definition) is 5. The summed E-state index contributed by atoms with van der Waals surface area (Å²) in [5.74, 6) is 0.489. The first-order chi connectivity index (χ1) is 13.3. The number of hydrogen-bond donors (Lipinski definition) is 1. The van der Waals surface area contributed by atoms with Gasteiger partial charge in [-0.3, -0.25) is 4.79 Å². The lowest BCUT2D eigenvalue weighted by Gasteiger charge is -2.33. The molecule has 1 unspecified atom stereocenters. The van der Waals surface area contributed by atoms with E-state index in [0.717, 1.165) is 24.8 Å². The van der Waals surface area contributed by atoms with Gasteiger partial charge in [0.15, 0.2) is 0 Å². The molecule has 0 aromatic carbocycles. The minimum atomic E-state index is -0.362. The summed E-state index contributed by atoms with van der Waals surface area (Å²) in [5.41, 5.74) is 1.77. The van der Waals surface area contributed by atoms with Gasteiger partial charge in [0, 0.05) is 11.0 Å². The molecule has 1 aliphatic carbocycles. The van der Waals surface area contributed by atoms with E-state index in [1.54, 1.807) is 31.4 Å². The monoisotopic (exact) mass is 401 g/mol. The van der Waals surface area contributed by atoms with Crippen molar-refractivity contribution in [2.24, 2.45) is 11.3 Å². The maximum atomic E-state index is 12.6. The third-order valence-corrected chi connectivity index (χ3v) is 6.32. The van der Waals surface area contributed by atoms with E-state index in [0.29, 0.717) is 28.8 Å². The molecule has 150 valence electrons. The Balaban J connectivity index is 1.86. The quantitative estimate of drug-likeness (QED) is 0.544. The van der Waals surface area contributed by atoms with Gasteiger partial charge in [-0.15, -0.1) is 11.3 Å². The highest BCUT2D eigenvalue weighted by Gasteiger charge is 2.34. The van der Waals surface area contributed by atoms with E-state index in [-0.39, 0.29) is 17.3 Å². The Hall–Kier alpha value is -2.34. The maximum Gasteiger partial charge on any atom is 0.341 e. The van der Waals surface area contributed by atoms with E-state index in [4.69, 9.17) is 9.15 Å². The summed E-state index contributed by atoms with van der Waals surface area (Å²) in [7, 11) is 0. The second-order valence-electron chi connectivity index (χ2n) is 8.07. The number of thiophene rings is 1. The van der Waals surface area contributed by atoms with Gasteiger partial charge < -0.3 is 14.5 Å². The minimum Gasteiger partial charge on any atom is -0.465 e. The van der Waals surface area contributed by atoms with Gasteiger partial charge in [0.1, 0.15) is 10.8 Å². The molecular weight excluding hydrogens is 374 g/mol. The van der Waals surface area contributed by atoms with Crippen LogP contribution >= 0.6 is 11.3 Å². The molecule has 0 radical (unpaired) electrons. The van der Waals surface area contributed by atoms with Crippen LogP contribution in [0.4, 0.5) is 5.00 Å². The first-order valence-corrected chi connectivity index (χ1v) is 10.5. The Kier molecular flexibility index (Phi) is 6.08. The van der Waals surface area contributed by atoms with E-state index in [1.807, 2.05) is 0 Å². The van der Waals surface area contributed by atoms with E-state index < -0.39 is 0 Å². The van der Waals surface area contributed by atoms with Crippen molar-refractivity contribution in [1.82, 2.24) is 0 Å². The highest BCUT2D eigenvalue weighted by molar-refractivity contribution is 7.17. The summed E-state index contributed by atoms with van der Waals surface area (Å²) < 4.78 is 10.5. The van der Waals surface area contributed by atoms with Crippen LogP contribution < -0.4 is 5.32 Å². The molecule has 0 fully saturated rings. The second kappa shape index (κ2) is 8.35. The SMILES string of the molecule is CCOC(=O)c1c(NC(=O)C=Cc2ccco2)sc2c1CCC(C(C)(C)C)C2. The first-order valence-electron chi connectivity index (χ1n) is 9.63. The predicted octanol–water partition coefficient (Wildman–Crippen LogP) is 5.32. The zero-order valence-corrected chi connectivity index (χ0v) is 17.7. The normalized spacial score (nSPS) is 16.8. The molecule has 0 spiro atoms. The molecule has 5 nitrogen and oxygen atoms in total. The summed E-state index contributed by atoms with van der Waals surface area (Å²) in [6.45, 7) is 8.86. The summed E-state index contributed by atoms with van der Waals surface area (Å²) in [6.07, 6.45) is 7.35. The fourth-order valence-corrected chi connectivity index (χ4v) is 4.85. The number of amides is 1. The number of anilines is 1. The Morgan fingerprint density at radius 1 is 1.39 bits per heavy atom. The molecule has 1 atom stereocenters. The molecule has 2 aromatic rings. The van der Waals surface area contributed by atoms with Crippen molar-refractivity contribution in [3.63, 3.8) is 0 Å². The molecule has 2 aromatic heterocycles. The van der Waals surface area contributed by atoms with Crippen molar-refractivity contribution in [2.45, 2.75) is 47.0 Å². The van der Waals surface area contributed by atoms with Gasteiger partial charge in [0.2, 0.25) is 5.91 Å². The smallest absolute Gasteiger partial charge is 0.341 e. The van der Waals surface area contributed by atoms with Gasteiger partial charge >= 0.3 is 5.97 Å². The molecule has 6 heteroatoms. The zero-order valence-electron chi connectivity index (χ0n) is 16.8. The lowest BCUT2D eigenvalue weighted by molar-refractivity contribution is -0.111. The Morgan fingerprint density at radius 2 is 2.18 bits per heavy atom. The molecule has 28 heavy (non-hydrogen) atoms. The lowest BCUT2D eigenvalue weighted by Crippen LogP contribution is -2.26. The fourth-order valence-electron chi connectivity index (χ4n) is 3.53. The highest BCUT2D eigenvalue weighted by atomic mass is 32.1. The second-order valence-corrected chi connectivity index (χ2v) is 9.18. The highest BCUT2D eigenvalue weighted by Crippen LogP contribution is 2.44. The van der Waals surface area contributed by atoms with Crippen LogP contribution in [-0.2, 0) is 22.4 Å². The number of fused-ring (bicyclic) bond motifs is 1. The average molecular weight is 402 g/mol.